The van der Waals surface area contributed by atoms with Crippen LogP contribution in [0.1, 0.15) is 58.5 Å². The van der Waals surface area contributed by atoms with Crippen LogP contribution in [0.15, 0.2) is 84.9 Å². The number of benzene rings is 3. The van der Waals surface area contributed by atoms with E-state index in [0.717, 1.165) is 87.4 Å². The number of likely N-dealkylation sites (N-methyl/N-ethyl adjacent to an activating group) is 1. The molecule has 0 radical (unpaired) electrons. The molecule has 1 aliphatic rings. The van der Waals surface area contributed by atoms with Crippen molar-refractivity contribution in [3.8, 4) is 0 Å². The van der Waals surface area contributed by atoms with Crippen molar-refractivity contribution in [2.75, 3.05) is 40.3 Å². The number of aliphatic hydroxyl groups is 2. The number of rotatable bonds is 13. The van der Waals surface area contributed by atoms with Gasteiger partial charge in [0.1, 0.15) is 0 Å². The third-order valence-electron chi connectivity index (χ3n) is 9.47. The first-order chi connectivity index (χ1) is 25.3. The van der Waals surface area contributed by atoms with Gasteiger partial charge >= 0.3 is 24.1 Å². The maximum Gasteiger partial charge on any atom is 0.416 e. The fraction of sp³-hybridized carbons (Fsp3) is 0.410. The van der Waals surface area contributed by atoms with Crippen LogP contribution in [-0.2, 0) is 22.2 Å². The highest BCUT2D eigenvalue weighted by molar-refractivity contribution is 6.28. The highest BCUT2D eigenvalue weighted by Gasteiger charge is 2.69. The average Bonchev–Trinajstić information content (AvgIpc) is 3.16. The van der Waals surface area contributed by atoms with E-state index in [4.69, 9.17) is 0 Å². The third-order valence-corrected chi connectivity index (χ3v) is 9.47. The van der Waals surface area contributed by atoms with Gasteiger partial charge in [-0.1, -0.05) is 79.7 Å². The van der Waals surface area contributed by atoms with Crippen molar-refractivity contribution in [2.45, 2.75) is 56.5 Å². The normalized spacial score (nSPS) is 16.2. The fourth-order valence-corrected chi connectivity index (χ4v) is 6.27. The predicted molar refractivity (Wildman–Crippen MR) is 192 cm³/mol. The van der Waals surface area contributed by atoms with E-state index in [9.17, 15) is 57.6 Å². The summed E-state index contributed by atoms with van der Waals surface area (Å²) < 4.78 is 38.1. The van der Waals surface area contributed by atoms with Crippen LogP contribution in [0, 0.1) is 5.92 Å². The number of aliphatic carboxylic acids is 2. The Kier molecular flexibility index (Phi) is 14.6. The van der Waals surface area contributed by atoms with Crippen LogP contribution in [0.2, 0.25) is 0 Å². The van der Waals surface area contributed by atoms with E-state index in [1.807, 2.05) is 4.90 Å². The minimum atomic E-state index is -4.29. The van der Waals surface area contributed by atoms with E-state index >= 15 is 0 Å². The zero-order valence-electron chi connectivity index (χ0n) is 30.5. The van der Waals surface area contributed by atoms with Crippen molar-refractivity contribution in [3.63, 3.8) is 0 Å². The van der Waals surface area contributed by atoms with Crippen molar-refractivity contribution in [3.05, 3.63) is 107 Å². The molecule has 0 saturated carbocycles. The van der Waals surface area contributed by atoms with Crippen LogP contribution in [0.25, 0.3) is 0 Å². The molecule has 3 aromatic carbocycles. The monoisotopic (exact) mass is 757 g/mol. The van der Waals surface area contributed by atoms with Crippen LogP contribution >= 0.6 is 0 Å². The molecule has 4 rings (SSSR count). The first-order valence-electron chi connectivity index (χ1n) is 17.3. The number of piperidine rings is 1. The summed E-state index contributed by atoms with van der Waals surface area (Å²) in [4.78, 5) is 66.5. The number of nitrogens with zero attached hydrogens (tertiary/aromatic N) is 3. The highest BCUT2D eigenvalue weighted by Crippen LogP contribution is 2.32. The SMILES string of the molecule is CCN(CC1CCN(C(=O)N(C)C)CC1)C(C)Cc1ccc(C(F)(F)F)cc1.O=C(O)C(O)(C(=O)c1ccccc1)C(O)(C(=O)O)C(=O)c1ccccc1. The molecule has 292 valence electrons. The summed E-state index contributed by atoms with van der Waals surface area (Å²) in [6, 6.07) is 18.6. The Morgan fingerprint density at radius 2 is 1.19 bits per heavy atom. The van der Waals surface area contributed by atoms with Crippen LogP contribution in [-0.4, -0.2) is 122 Å². The second-order valence-electron chi connectivity index (χ2n) is 13.4. The number of halogens is 3. The molecule has 1 saturated heterocycles. The van der Waals surface area contributed by atoms with Gasteiger partial charge in [0.05, 0.1) is 5.56 Å². The number of alkyl halides is 3. The molecule has 1 heterocycles. The van der Waals surface area contributed by atoms with Gasteiger partial charge in [0.2, 0.25) is 11.6 Å². The van der Waals surface area contributed by atoms with Gasteiger partial charge in [-0.3, -0.25) is 9.59 Å². The standard InChI is InChI=1S/C21H32F3N3O.C18H14O8/c1-5-26(15-18-10-12-27(13-11-18)20(28)25(3)4)16(2)14-17-6-8-19(9-7-17)21(22,23)24;19-13(11-7-3-1-4-8-11)17(25,15(21)22)18(26,16(23)24)14(20)12-9-5-2-6-10-12/h6-9,16,18H,5,10-15H2,1-4H3;1-10,25-26H,(H,21,22)(H,23,24). The molecule has 15 heteroatoms. The van der Waals surface area contributed by atoms with Crippen LogP contribution in [0.5, 0.6) is 0 Å². The van der Waals surface area contributed by atoms with Crippen molar-refractivity contribution >= 4 is 29.5 Å². The third kappa shape index (κ3) is 9.89. The molecule has 0 spiro atoms. The quantitative estimate of drug-likeness (QED) is 0.141. The number of urea groups is 1. The molecule has 3 unspecified atom stereocenters. The van der Waals surface area contributed by atoms with Crippen molar-refractivity contribution in [1.29, 1.82) is 0 Å². The van der Waals surface area contributed by atoms with Crippen molar-refractivity contribution in [2.24, 2.45) is 5.92 Å². The van der Waals surface area contributed by atoms with Gasteiger partial charge in [0.25, 0.3) is 11.2 Å². The van der Waals surface area contributed by atoms with Gasteiger partial charge in [0, 0.05) is 50.9 Å². The number of carbonyl (C=O) groups excluding carboxylic acids is 3. The molecule has 2 amide bonds. The Balaban J connectivity index is 0.000000291. The molecule has 54 heavy (non-hydrogen) atoms. The summed E-state index contributed by atoms with van der Waals surface area (Å²) in [6.45, 7) is 7.68. The summed E-state index contributed by atoms with van der Waals surface area (Å²) in [6.07, 6.45) is -1.58. The smallest absolute Gasteiger partial charge is 0.416 e. The van der Waals surface area contributed by atoms with Crippen molar-refractivity contribution < 1.29 is 57.6 Å². The number of likely N-dealkylation sites (tertiary alicyclic amines) is 1. The summed E-state index contributed by atoms with van der Waals surface area (Å²) in [5, 5.41) is 39.9. The second-order valence-corrected chi connectivity index (χ2v) is 13.4. The number of hydrogen-bond donors (Lipinski definition) is 4. The molecule has 3 atom stereocenters. The van der Waals surface area contributed by atoms with E-state index < -0.39 is 57.6 Å². The minimum Gasteiger partial charge on any atom is -0.479 e. The number of amides is 2. The number of hydrogen-bond acceptors (Lipinski definition) is 8. The van der Waals surface area contributed by atoms with Crippen molar-refractivity contribution in [1.82, 2.24) is 14.7 Å². The molecule has 1 aliphatic heterocycles. The number of carbonyl (C=O) groups is 5. The second kappa shape index (κ2) is 18.3. The van der Waals surface area contributed by atoms with E-state index in [1.165, 1.54) is 36.4 Å². The predicted octanol–water partition coefficient (Wildman–Crippen LogP) is 4.74. The number of Topliss-reactive ketones (excluding diaryl/α,β-unsaturated/α-hetero) is 2. The molecular weight excluding hydrogens is 711 g/mol. The summed E-state index contributed by atoms with van der Waals surface area (Å²) in [5.74, 6) is -7.48. The van der Waals surface area contributed by atoms with E-state index in [0.29, 0.717) is 5.92 Å². The average molecular weight is 758 g/mol. The minimum absolute atomic E-state index is 0.0708. The molecular formula is C39H46F3N3O9. The van der Waals surface area contributed by atoms with E-state index in [-0.39, 0.29) is 12.1 Å². The molecule has 0 aromatic heterocycles. The molecule has 0 bridgehead atoms. The fourth-order valence-electron chi connectivity index (χ4n) is 6.27. The Morgan fingerprint density at radius 3 is 1.54 bits per heavy atom. The van der Waals surface area contributed by atoms with Gasteiger partial charge < -0.3 is 35.1 Å². The van der Waals surface area contributed by atoms with Gasteiger partial charge in [-0.2, -0.15) is 13.2 Å². The lowest BCUT2D eigenvalue weighted by atomic mass is 9.73. The topological polar surface area (TPSA) is 176 Å². The Hall–Kier alpha value is -5.12. The van der Waals surface area contributed by atoms with Crippen LogP contribution in [0.3, 0.4) is 0 Å². The Bertz CT molecular complexity index is 1680. The molecule has 3 aromatic rings. The van der Waals surface area contributed by atoms with Gasteiger partial charge in [-0.15, -0.1) is 0 Å². The molecule has 12 nitrogen and oxygen atoms in total. The van der Waals surface area contributed by atoms with Crippen LogP contribution in [0.4, 0.5) is 18.0 Å². The zero-order chi connectivity index (χ0) is 40.4. The zero-order valence-corrected chi connectivity index (χ0v) is 30.5. The lowest BCUT2D eigenvalue weighted by Gasteiger charge is -2.37. The van der Waals surface area contributed by atoms with E-state index in [1.54, 1.807) is 31.1 Å². The van der Waals surface area contributed by atoms with Crippen LogP contribution < -0.4 is 0 Å². The lowest BCUT2D eigenvalue weighted by Crippen LogP contribution is -2.71. The number of carboxylic acid groups (broad SMARTS) is 2. The van der Waals surface area contributed by atoms with E-state index in [2.05, 4.69) is 18.7 Å². The number of ketones is 2. The van der Waals surface area contributed by atoms with Gasteiger partial charge in [-0.05, 0) is 56.3 Å². The van der Waals surface area contributed by atoms with Gasteiger partial charge in [-0.25, -0.2) is 14.4 Å². The lowest BCUT2D eigenvalue weighted by molar-refractivity contribution is -0.187. The Morgan fingerprint density at radius 1 is 0.759 bits per heavy atom. The first kappa shape index (κ1) is 43.3. The molecule has 4 N–H and O–H groups in total. The summed E-state index contributed by atoms with van der Waals surface area (Å²) >= 11 is 0. The largest absolute Gasteiger partial charge is 0.479 e. The maximum atomic E-state index is 12.7. The van der Waals surface area contributed by atoms with Gasteiger partial charge in [0.15, 0.2) is 0 Å². The number of carboxylic acids is 2. The Labute approximate surface area is 311 Å². The summed E-state index contributed by atoms with van der Waals surface area (Å²) in [7, 11) is 3.55. The highest BCUT2D eigenvalue weighted by atomic mass is 19.4. The molecule has 1 fully saturated rings. The maximum absolute atomic E-state index is 12.7. The molecule has 0 aliphatic carbocycles. The summed E-state index contributed by atoms with van der Waals surface area (Å²) in [5.41, 5.74) is -8.36. The first-order valence-corrected chi connectivity index (χ1v) is 17.3.